The van der Waals surface area contributed by atoms with E-state index in [0.29, 0.717) is 22.0 Å². The lowest BCUT2D eigenvalue weighted by atomic mass is 10.0. The van der Waals surface area contributed by atoms with E-state index in [2.05, 4.69) is 0 Å². The van der Waals surface area contributed by atoms with Crippen molar-refractivity contribution in [2.24, 2.45) is 0 Å². The molecule has 0 aliphatic rings. The number of fused-ring (bicyclic) bond motifs is 1. The van der Waals surface area contributed by atoms with Crippen LogP contribution in [0.25, 0.3) is 28.0 Å². The van der Waals surface area contributed by atoms with Gasteiger partial charge in [0.1, 0.15) is 17.0 Å². The number of methoxy groups -OCH3 is 1. The molecule has 0 spiro atoms. The Morgan fingerprint density at radius 2 is 1.79 bits per heavy atom. The molecule has 0 aliphatic carbocycles. The summed E-state index contributed by atoms with van der Waals surface area (Å²) in [5.41, 5.74) is 5.02. The number of benzene rings is 2. The zero-order valence-electron chi connectivity index (χ0n) is 22.7. The van der Waals surface area contributed by atoms with Gasteiger partial charge in [0.2, 0.25) is 0 Å². The lowest BCUT2D eigenvalue weighted by Gasteiger charge is -2.24. The number of Topliss-reactive ketones (excluding diaryl/α,β-unsaturated/α-hetero) is 1. The number of hydrogen-bond acceptors (Lipinski definition) is 6. The van der Waals surface area contributed by atoms with E-state index in [1.165, 1.54) is 12.0 Å². The van der Waals surface area contributed by atoms with Crippen molar-refractivity contribution in [2.45, 2.75) is 39.4 Å². The van der Waals surface area contributed by atoms with Crippen LogP contribution in [-0.2, 0) is 22.6 Å². The Hall–Kier alpha value is -3.88. The van der Waals surface area contributed by atoms with Crippen molar-refractivity contribution < 1.29 is 24.2 Å². The van der Waals surface area contributed by atoms with Gasteiger partial charge in [-0.15, -0.1) is 0 Å². The van der Waals surface area contributed by atoms with Gasteiger partial charge >= 0.3 is 6.09 Å². The molecule has 4 rings (SSSR count). The fourth-order valence-corrected chi connectivity index (χ4v) is 4.42. The summed E-state index contributed by atoms with van der Waals surface area (Å²) < 4.78 is 12.5. The molecule has 2 aromatic carbocycles. The van der Waals surface area contributed by atoms with E-state index in [1.807, 2.05) is 53.2 Å². The van der Waals surface area contributed by atoms with Crippen LogP contribution in [0, 0.1) is 0 Å². The molecular weight excluding hydrogens is 518 g/mol. The third-order valence-corrected chi connectivity index (χ3v) is 6.39. The first-order valence-corrected chi connectivity index (χ1v) is 12.9. The molecule has 1 N–H and O–H groups in total. The molecule has 2 aromatic heterocycles. The van der Waals surface area contributed by atoms with Crippen LogP contribution in [-0.4, -0.2) is 57.6 Å². The van der Waals surface area contributed by atoms with Crippen LogP contribution in [0.3, 0.4) is 0 Å². The molecule has 0 bridgehead atoms. The number of halogens is 1. The van der Waals surface area contributed by atoms with E-state index in [1.54, 1.807) is 40.0 Å². The van der Waals surface area contributed by atoms with Crippen LogP contribution in [0.5, 0.6) is 5.75 Å². The Bertz CT molecular complexity index is 1510. The Morgan fingerprint density at radius 1 is 1.08 bits per heavy atom. The summed E-state index contributed by atoms with van der Waals surface area (Å²) in [4.78, 5) is 30.7. The van der Waals surface area contributed by atoms with E-state index in [-0.39, 0.29) is 25.4 Å². The highest BCUT2D eigenvalue weighted by atomic mass is 35.5. The molecule has 0 saturated carbocycles. The predicted octanol–water partition coefficient (Wildman–Crippen LogP) is 5.80. The van der Waals surface area contributed by atoms with Crippen molar-refractivity contribution in [2.75, 3.05) is 20.7 Å². The maximum Gasteiger partial charge on any atom is 0.410 e. The van der Waals surface area contributed by atoms with Crippen molar-refractivity contribution >= 4 is 29.1 Å². The number of imidazole rings is 1. The second kappa shape index (κ2) is 11.5. The molecule has 0 saturated heterocycles. The third-order valence-electron chi connectivity index (χ3n) is 6.09. The molecule has 39 heavy (non-hydrogen) atoms. The van der Waals surface area contributed by atoms with E-state index < -0.39 is 11.7 Å². The van der Waals surface area contributed by atoms with Crippen molar-refractivity contribution in [3.05, 3.63) is 77.1 Å². The minimum Gasteiger partial charge on any atom is -0.495 e. The SMILES string of the molecule is COc1cc(CO)c(-c2cn3ccc(-c4ccc(CC(=O)CN(C)C(=O)OC(C)(C)C)cc4)cc3n2)cc1Cl. The normalized spacial score (nSPS) is 11.5. The summed E-state index contributed by atoms with van der Waals surface area (Å²) in [7, 11) is 3.09. The fraction of sp³-hybridized carbons (Fsp3) is 0.300. The molecule has 1 amide bonds. The van der Waals surface area contributed by atoms with E-state index in [0.717, 1.165) is 27.9 Å². The van der Waals surface area contributed by atoms with Crippen molar-refractivity contribution in [3.8, 4) is 28.1 Å². The molecule has 9 heteroatoms. The van der Waals surface area contributed by atoms with Gasteiger partial charge in [-0.25, -0.2) is 9.78 Å². The summed E-state index contributed by atoms with van der Waals surface area (Å²) in [6.07, 6.45) is 3.51. The number of aromatic nitrogens is 2. The molecule has 0 atom stereocenters. The molecular formula is C30H32ClN3O5. The van der Waals surface area contributed by atoms with Crippen LogP contribution in [0.2, 0.25) is 5.02 Å². The number of pyridine rings is 1. The fourth-order valence-electron chi connectivity index (χ4n) is 4.18. The highest BCUT2D eigenvalue weighted by molar-refractivity contribution is 6.32. The predicted molar refractivity (Wildman–Crippen MR) is 151 cm³/mol. The van der Waals surface area contributed by atoms with Crippen LogP contribution >= 0.6 is 11.6 Å². The Balaban J connectivity index is 1.48. The first-order chi connectivity index (χ1) is 18.5. The van der Waals surface area contributed by atoms with E-state index in [4.69, 9.17) is 26.1 Å². The summed E-state index contributed by atoms with van der Waals surface area (Å²) in [6, 6.07) is 15.2. The number of aliphatic hydroxyl groups excluding tert-OH is 1. The second-order valence-corrected chi connectivity index (χ2v) is 10.8. The number of aliphatic hydroxyl groups is 1. The third kappa shape index (κ3) is 6.77. The van der Waals surface area contributed by atoms with Gasteiger partial charge in [-0.2, -0.15) is 0 Å². The molecule has 0 aliphatic heterocycles. The number of hydrogen-bond donors (Lipinski definition) is 1. The lowest BCUT2D eigenvalue weighted by Crippen LogP contribution is -2.37. The molecule has 4 aromatic rings. The van der Waals surface area contributed by atoms with Crippen LogP contribution in [0.4, 0.5) is 4.79 Å². The zero-order valence-corrected chi connectivity index (χ0v) is 23.5. The quantitative estimate of drug-likeness (QED) is 0.298. The van der Waals surface area contributed by atoms with Gasteiger partial charge in [0, 0.05) is 31.4 Å². The number of amides is 1. The second-order valence-electron chi connectivity index (χ2n) is 10.4. The number of carbonyl (C=O) groups excluding carboxylic acids is 2. The van der Waals surface area contributed by atoms with Gasteiger partial charge in [-0.3, -0.25) is 4.79 Å². The number of rotatable bonds is 8. The molecule has 0 radical (unpaired) electrons. The molecule has 204 valence electrons. The number of carbonyl (C=O) groups is 2. The summed E-state index contributed by atoms with van der Waals surface area (Å²) in [5, 5.41) is 10.3. The van der Waals surface area contributed by atoms with Gasteiger partial charge in [0.15, 0.2) is 5.78 Å². The van der Waals surface area contributed by atoms with Crippen LogP contribution in [0.15, 0.2) is 60.9 Å². The lowest BCUT2D eigenvalue weighted by molar-refractivity contribution is -0.119. The van der Waals surface area contributed by atoms with Crippen LogP contribution in [0.1, 0.15) is 31.9 Å². The standard InChI is InChI=1S/C30H32ClN3O5/c1-30(2,3)39-29(37)33(4)16-23(36)12-19-6-8-20(9-7-19)21-10-11-34-17-26(32-28(34)14-21)24-15-25(31)27(38-5)13-22(24)18-35/h6-11,13-15,17,35H,12,16,18H2,1-5H3. The molecule has 0 fully saturated rings. The monoisotopic (exact) mass is 549 g/mol. The van der Waals surface area contributed by atoms with Crippen molar-refractivity contribution in [1.29, 1.82) is 0 Å². The maximum absolute atomic E-state index is 12.5. The number of nitrogens with zero attached hydrogens (tertiary/aromatic N) is 3. The van der Waals surface area contributed by atoms with Gasteiger partial charge < -0.3 is 23.9 Å². The van der Waals surface area contributed by atoms with Crippen molar-refractivity contribution in [1.82, 2.24) is 14.3 Å². The highest BCUT2D eigenvalue weighted by Gasteiger charge is 2.21. The topological polar surface area (TPSA) is 93.4 Å². The average molecular weight is 550 g/mol. The molecule has 2 heterocycles. The highest BCUT2D eigenvalue weighted by Crippen LogP contribution is 2.34. The average Bonchev–Trinajstić information content (AvgIpc) is 3.31. The zero-order chi connectivity index (χ0) is 28.3. The largest absolute Gasteiger partial charge is 0.495 e. The minimum atomic E-state index is -0.614. The van der Waals surface area contributed by atoms with Crippen molar-refractivity contribution in [3.63, 3.8) is 0 Å². The van der Waals surface area contributed by atoms with Gasteiger partial charge in [0.05, 0.1) is 31.0 Å². The summed E-state index contributed by atoms with van der Waals surface area (Å²) >= 11 is 6.33. The first kappa shape index (κ1) is 28.1. The first-order valence-electron chi connectivity index (χ1n) is 12.5. The summed E-state index contributed by atoms with van der Waals surface area (Å²) in [6.45, 7) is 5.17. The van der Waals surface area contributed by atoms with Crippen LogP contribution < -0.4 is 4.74 Å². The molecule has 0 unspecified atom stereocenters. The van der Waals surface area contributed by atoms with E-state index >= 15 is 0 Å². The number of ketones is 1. The van der Waals surface area contributed by atoms with Gasteiger partial charge in [-0.05, 0) is 67.3 Å². The molecule has 8 nitrogen and oxygen atoms in total. The van der Waals surface area contributed by atoms with E-state index in [9.17, 15) is 14.7 Å². The number of ether oxygens (including phenoxy) is 2. The minimum absolute atomic E-state index is 0.0209. The van der Waals surface area contributed by atoms with Gasteiger partial charge in [0.25, 0.3) is 0 Å². The van der Waals surface area contributed by atoms with Gasteiger partial charge in [-0.1, -0.05) is 35.9 Å². The Labute approximate surface area is 232 Å². The maximum atomic E-state index is 12.5. The summed E-state index contributed by atoms with van der Waals surface area (Å²) in [5.74, 6) is 0.416. The Kier molecular flexibility index (Phi) is 8.28. The smallest absolute Gasteiger partial charge is 0.410 e. The number of likely N-dealkylation sites (N-methyl/N-ethyl adjacent to an activating group) is 1. The Morgan fingerprint density at radius 3 is 2.44 bits per heavy atom.